The predicted octanol–water partition coefficient (Wildman–Crippen LogP) is 1.79. The number of anilines is 1. The van der Waals surface area contributed by atoms with Crippen LogP contribution < -0.4 is 16.6 Å². The van der Waals surface area contributed by atoms with Crippen LogP contribution >= 0.6 is 0 Å². The number of hydrogen-bond donors (Lipinski definition) is 2. The van der Waals surface area contributed by atoms with Gasteiger partial charge in [-0.1, -0.05) is 6.42 Å². The van der Waals surface area contributed by atoms with E-state index in [2.05, 4.69) is 10.3 Å². The van der Waals surface area contributed by atoms with Crippen molar-refractivity contribution in [3.63, 3.8) is 0 Å². The fourth-order valence-corrected chi connectivity index (χ4v) is 2.98. The van der Waals surface area contributed by atoms with Crippen LogP contribution in [0.15, 0.2) is 17.2 Å². The SMILES string of the molecule is CC(C)(C)n1ccnc(NCC2CCCC2CN)c1=O. The van der Waals surface area contributed by atoms with Gasteiger partial charge in [0, 0.05) is 24.5 Å². The van der Waals surface area contributed by atoms with E-state index in [0.29, 0.717) is 17.7 Å². The van der Waals surface area contributed by atoms with E-state index in [9.17, 15) is 4.79 Å². The first kappa shape index (κ1) is 15.0. The van der Waals surface area contributed by atoms with Crippen molar-refractivity contribution in [1.82, 2.24) is 9.55 Å². The van der Waals surface area contributed by atoms with Crippen molar-refractivity contribution in [3.05, 3.63) is 22.7 Å². The highest BCUT2D eigenvalue weighted by atomic mass is 16.1. The molecule has 0 aromatic carbocycles. The lowest BCUT2D eigenvalue weighted by Gasteiger charge is -2.23. The van der Waals surface area contributed by atoms with Gasteiger partial charge in [-0.25, -0.2) is 4.98 Å². The summed E-state index contributed by atoms with van der Waals surface area (Å²) in [6, 6.07) is 0. The summed E-state index contributed by atoms with van der Waals surface area (Å²) >= 11 is 0. The molecule has 5 heteroatoms. The molecule has 0 saturated heterocycles. The van der Waals surface area contributed by atoms with Crippen molar-refractivity contribution in [2.24, 2.45) is 17.6 Å². The molecule has 0 bridgehead atoms. The Morgan fingerprint density at radius 3 is 2.75 bits per heavy atom. The molecule has 2 atom stereocenters. The molecule has 1 aliphatic carbocycles. The van der Waals surface area contributed by atoms with Gasteiger partial charge in [-0.05, 0) is 52.0 Å². The summed E-state index contributed by atoms with van der Waals surface area (Å²) in [5.41, 5.74) is 5.51. The van der Waals surface area contributed by atoms with Gasteiger partial charge in [0.05, 0.1) is 0 Å². The maximum absolute atomic E-state index is 12.4. The average molecular weight is 278 g/mol. The molecule has 1 aliphatic rings. The van der Waals surface area contributed by atoms with Crippen LogP contribution in [0, 0.1) is 11.8 Å². The molecule has 20 heavy (non-hydrogen) atoms. The maximum Gasteiger partial charge on any atom is 0.293 e. The minimum absolute atomic E-state index is 0.0534. The number of nitrogens with one attached hydrogen (secondary N) is 1. The van der Waals surface area contributed by atoms with Crippen LogP contribution in [0.5, 0.6) is 0 Å². The lowest BCUT2D eigenvalue weighted by molar-refractivity contribution is 0.382. The van der Waals surface area contributed by atoms with E-state index in [1.807, 2.05) is 20.8 Å². The van der Waals surface area contributed by atoms with Gasteiger partial charge in [0.2, 0.25) is 0 Å². The van der Waals surface area contributed by atoms with Crippen molar-refractivity contribution in [3.8, 4) is 0 Å². The summed E-state index contributed by atoms with van der Waals surface area (Å²) in [6.45, 7) is 7.57. The van der Waals surface area contributed by atoms with Gasteiger partial charge in [0.1, 0.15) is 0 Å². The largest absolute Gasteiger partial charge is 0.365 e. The first-order chi connectivity index (χ1) is 9.43. The summed E-state index contributed by atoms with van der Waals surface area (Å²) in [6.07, 6.45) is 7.06. The third-order valence-corrected chi connectivity index (χ3v) is 4.21. The highest BCUT2D eigenvalue weighted by molar-refractivity contribution is 5.31. The van der Waals surface area contributed by atoms with E-state index in [4.69, 9.17) is 5.73 Å². The number of aromatic nitrogens is 2. The van der Waals surface area contributed by atoms with Crippen molar-refractivity contribution >= 4 is 5.82 Å². The van der Waals surface area contributed by atoms with E-state index in [1.54, 1.807) is 17.0 Å². The summed E-state index contributed by atoms with van der Waals surface area (Å²) in [4.78, 5) is 16.6. The maximum atomic E-state index is 12.4. The Balaban J connectivity index is 2.09. The highest BCUT2D eigenvalue weighted by Crippen LogP contribution is 2.30. The van der Waals surface area contributed by atoms with E-state index in [0.717, 1.165) is 13.1 Å². The van der Waals surface area contributed by atoms with Gasteiger partial charge in [0.25, 0.3) is 5.56 Å². The van der Waals surface area contributed by atoms with Gasteiger partial charge in [-0.15, -0.1) is 0 Å². The third-order valence-electron chi connectivity index (χ3n) is 4.21. The van der Waals surface area contributed by atoms with Crippen molar-refractivity contribution < 1.29 is 0 Å². The molecule has 1 saturated carbocycles. The second-order valence-corrected chi connectivity index (χ2v) is 6.69. The lowest BCUT2D eigenvalue weighted by Crippen LogP contribution is -2.36. The van der Waals surface area contributed by atoms with Gasteiger partial charge in [-0.3, -0.25) is 4.79 Å². The molecular weight excluding hydrogens is 252 g/mol. The number of hydrogen-bond acceptors (Lipinski definition) is 4. The second-order valence-electron chi connectivity index (χ2n) is 6.69. The molecule has 2 rings (SSSR count). The first-order valence-corrected chi connectivity index (χ1v) is 7.45. The summed E-state index contributed by atoms with van der Waals surface area (Å²) < 4.78 is 1.72. The molecule has 1 fully saturated rings. The van der Waals surface area contributed by atoms with E-state index >= 15 is 0 Å². The standard InChI is InChI=1S/C15H26N4O/c1-15(2,3)19-8-7-17-13(14(19)20)18-10-12-6-4-5-11(12)9-16/h7-8,11-12H,4-6,9-10,16H2,1-3H3,(H,17,18). The number of nitrogens with zero attached hydrogens (tertiary/aromatic N) is 2. The zero-order valence-corrected chi connectivity index (χ0v) is 12.7. The first-order valence-electron chi connectivity index (χ1n) is 7.45. The molecule has 0 amide bonds. The Morgan fingerprint density at radius 1 is 1.40 bits per heavy atom. The average Bonchev–Trinajstić information content (AvgIpc) is 2.83. The normalized spacial score (nSPS) is 23.0. The van der Waals surface area contributed by atoms with Crippen LogP contribution in [0.1, 0.15) is 40.0 Å². The Bertz CT molecular complexity index is 503. The molecule has 1 heterocycles. The Kier molecular flexibility index (Phi) is 4.48. The fourth-order valence-electron chi connectivity index (χ4n) is 2.98. The van der Waals surface area contributed by atoms with E-state index < -0.39 is 0 Å². The second kappa shape index (κ2) is 5.95. The summed E-state index contributed by atoms with van der Waals surface area (Å²) in [5.74, 6) is 1.59. The molecule has 1 aromatic heterocycles. The van der Waals surface area contributed by atoms with E-state index in [-0.39, 0.29) is 11.1 Å². The zero-order valence-electron chi connectivity index (χ0n) is 12.7. The molecule has 0 aliphatic heterocycles. The monoisotopic (exact) mass is 278 g/mol. The smallest absolute Gasteiger partial charge is 0.293 e. The van der Waals surface area contributed by atoms with Crippen molar-refractivity contribution in [2.75, 3.05) is 18.4 Å². The lowest BCUT2D eigenvalue weighted by atomic mass is 9.96. The Hall–Kier alpha value is -1.36. The van der Waals surface area contributed by atoms with Gasteiger partial charge in [-0.2, -0.15) is 0 Å². The van der Waals surface area contributed by atoms with Gasteiger partial charge >= 0.3 is 0 Å². The van der Waals surface area contributed by atoms with Gasteiger partial charge < -0.3 is 15.6 Å². The molecule has 3 N–H and O–H groups in total. The summed E-state index contributed by atoms with van der Waals surface area (Å²) in [5, 5.41) is 3.23. The highest BCUT2D eigenvalue weighted by Gasteiger charge is 2.26. The number of rotatable bonds is 4. The molecular formula is C15H26N4O. The van der Waals surface area contributed by atoms with Crippen LogP contribution in [0.2, 0.25) is 0 Å². The third kappa shape index (κ3) is 3.20. The minimum Gasteiger partial charge on any atom is -0.365 e. The number of nitrogens with two attached hydrogens (primary N) is 1. The zero-order chi connectivity index (χ0) is 14.8. The molecule has 112 valence electrons. The minimum atomic E-state index is -0.233. The fraction of sp³-hybridized carbons (Fsp3) is 0.733. The van der Waals surface area contributed by atoms with Crippen LogP contribution in [0.25, 0.3) is 0 Å². The molecule has 1 aromatic rings. The predicted molar refractivity (Wildman–Crippen MR) is 81.9 cm³/mol. The van der Waals surface area contributed by atoms with E-state index in [1.165, 1.54) is 19.3 Å². The Labute approximate surface area is 120 Å². The molecule has 5 nitrogen and oxygen atoms in total. The van der Waals surface area contributed by atoms with Crippen molar-refractivity contribution in [1.29, 1.82) is 0 Å². The summed E-state index contributed by atoms with van der Waals surface area (Å²) in [7, 11) is 0. The van der Waals surface area contributed by atoms with Crippen LogP contribution in [0.3, 0.4) is 0 Å². The van der Waals surface area contributed by atoms with Crippen LogP contribution in [-0.4, -0.2) is 22.6 Å². The van der Waals surface area contributed by atoms with Gasteiger partial charge in [0.15, 0.2) is 5.82 Å². The molecule has 0 radical (unpaired) electrons. The van der Waals surface area contributed by atoms with Crippen LogP contribution in [0.4, 0.5) is 5.82 Å². The molecule has 2 unspecified atom stereocenters. The Morgan fingerprint density at radius 2 is 2.10 bits per heavy atom. The van der Waals surface area contributed by atoms with Crippen molar-refractivity contribution in [2.45, 2.75) is 45.6 Å². The topological polar surface area (TPSA) is 72.9 Å². The quantitative estimate of drug-likeness (QED) is 0.880. The molecule has 0 spiro atoms. The van der Waals surface area contributed by atoms with Crippen LogP contribution in [-0.2, 0) is 5.54 Å².